The van der Waals surface area contributed by atoms with Gasteiger partial charge in [0.15, 0.2) is 0 Å². The highest BCUT2D eigenvalue weighted by atomic mass is 35.7. The van der Waals surface area contributed by atoms with Crippen LogP contribution in [0.15, 0.2) is 17.0 Å². The van der Waals surface area contributed by atoms with Crippen LogP contribution in [0, 0.1) is 6.92 Å². The summed E-state index contributed by atoms with van der Waals surface area (Å²) in [7, 11) is 1.41. The average Bonchev–Trinajstić information content (AvgIpc) is 2.41. The van der Waals surface area contributed by atoms with E-state index in [1.54, 1.807) is 6.92 Å². The van der Waals surface area contributed by atoms with E-state index in [4.69, 9.17) is 22.3 Å². The normalized spacial score (nSPS) is 16.7. The summed E-state index contributed by atoms with van der Waals surface area (Å²) in [6.07, 6.45) is 5.29. The maximum Gasteiger partial charge on any atom is 0.261 e. The maximum absolute atomic E-state index is 12.4. The molecule has 0 saturated heterocycles. The molecule has 1 aliphatic rings. The van der Waals surface area contributed by atoms with E-state index in [2.05, 4.69) is 5.32 Å². The number of benzene rings is 1. The molecule has 0 radical (unpaired) electrons. The first-order valence-corrected chi connectivity index (χ1v) is 9.53. The number of hydrogen-bond donors (Lipinski definition) is 1. The van der Waals surface area contributed by atoms with Gasteiger partial charge in [-0.2, -0.15) is 0 Å². The van der Waals surface area contributed by atoms with E-state index in [0.717, 1.165) is 25.7 Å². The lowest BCUT2D eigenvalue weighted by molar-refractivity contribution is 0.0927. The van der Waals surface area contributed by atoms with Crippen LogP contribution in [-0.2, 0) is 9.05 Å². The summed E-state index contributed by atoms with van der Waals surface area (Å²) in [6.45, 7) is 1.68. The van der Waals surface area contributed by atoms with E-state index >= 15 is 0 Å². The van der Waals surface area contributed by atoms with E-state index in [1.807, 2.05) is 0 Å². The topological polar surface area (TPSA) is 63.2 Å². The second kappa shape index (κ2) is 6.55. The van der Waals surface area contributed by atoms with Crippen molar-refractivity contribution in [1.82, 2.24) is 5.32 Å². The van der Waals surface area contributed by atoms with Gasteiger partial charge in [-0.15, -0.1) is 0 Å². The quantitative estimate of drug-likeness (QED) is 0.847. The summed E-state index contributed by atoms with van der Waals surface area (Å²) in [4.78, 5) is 12.2. The first-order chi connectivity index (χ1) is 9.79. The van der Waals surface area contributed by atoms with Gasteiger partial charge in [-0.25, -0.2) is 8.42 Å². The van der Waals surface area contributed by atoms with E-state index in [1.165, 1.54) is 18.6 Å². The second-order valence-electron chi connectivity index (χ2n) is 5.32. The molecule has 1 amide bonds. The Kier molecular flexibility index (Phi) is 5.17. The van der Waals surface area contributed by atoms with E-state index in [0.29, 0.717) is 5.56 Å². The third-order valence-electron chi connectivity index (χ3n) is 3.78. The predicted molar refractivity (Wildman–Crippen MR) is 83.6 cm³/mol. The predicted octanol–water partition coefficient (Wildman–Crippen LogP) is 3.64. The zero-order chi connectivity index (χ0) is 15.6. The van der Waals surface area contributed by atoms with Crippen molar-refractivity contribution in [3.8, 4) is 0 Å². The SMILES string of the molecule is Cc1c(Cl)cc(S(=O)(=O)Cl)cc1C(=O)NC1CCCCC1. The van der Waals surface area contributed by atoms with Crippen molar-refractivity contribution in [3.63, 3.8) is 0 Å². The van der Waals surface area contributed by atoms with E-state index in [-0.39, 0.29) is 27.4 Å². The number of rotatable bonds is 3. The molecule has 7 heteroatoms. The Bertz CT molecular complexity index is 652. The van der Waals surface area contributed by atoms with Crippen LogP contribution in [0.2, 0.25) is 5.02 Å². The molecule has 2 rings (SSSR count). The maximum atomic E-state index is 12.4. The summed E-state index contributed by atoms with van der Waals surface area (Å²) in [5, 5.41) is 3.16. The van der Waals surface area contributed by atoms with Crippen molar-refractivity contribution in [3.05, 3.63) is 28.3 Å². The lowest BCUT2D eigenvalue weighted by Crippen LogP contribution is -2.36. The third kappa shape index (κ3) is 4.11. The van der Waals surface area contributed by atoms with Crippen LogP contribution >= 0.6 is 22.3 Å². The Morgan fingerprint density at radius 1 is 1.24 bits per heavy atom. The molecule has 0 atom stereocenters. The third-order valence-corrected chi connectivity index (χ3v) is 5.51. The van der Waals surface area contributed by atoms with Gasteiger partial charge in [-0.3, -0.25) is 4.79 Å². The van der Waals surface area contributed by atoms with Crippen molar-refractivity contribution >= 4 is 37.2 Å². The van der Waals surface area contributed by atoms with Crippen LogP contribution in [-0.4, -0.2) is 20.4 Å². The minimum absolute atomic E-state index is 0.140. The van der Waals surface area contributed by atoms with Crippen LogP contribution in [0.5, 0.6) is 0 Å². The lowest BCUT2D eigenvalue weighted by atomic mass is 9.95. The molecule has 0 heterocycles. The highest BCUT2D eigenvalue weighted by Crippen LogP contribution is 2.27. The number of nitrogens with one attached hydrogen (secondary N) is 1. The van der Waals surface area contributed by atoms with Crippen LogP contribution < -0.4 is 5.32 Å². The van der Waals surface area contributed by atoms with Gasteiger partial charge in [0.05, 0.1) is 4.90 Å². The number of carbonyl (C=O) groups is 1. The Balaban J connectivity index is 2.29. The highest BCUT2D eigenvalue weighted by Gasteiger charge is 2.21. The summed E-state index contributed by atoms with van der Waals surface area (Å²) in [5.41, 5.74) is 0.807. The van der Waals surface area contributed by atoms with Gasteiger partial charge in [0.1, 0.15) is 0 Å². The molecule has 1 aromatic rings. The Hall–Kier alpha value is -0.780. The van der Waals surface area contributed by atoms with Gasteiger partial charge >= 0.3 is 0 Å². The number of hydrogen-bond acceptors (Lipinski definition) is 3. The van der Waals surface area contributed by atoms with Crippen LogP contribution in [0.4, 0.5) is 0 Å². The Morgan fingerprint density at radius 3 is 2.43 bits per heavy atom. The van der Waals surface area contributed by atoms with Crippen LogP contribution in [0.3, 0.4) is 0 Å². The molecular formula is C14H17Cl2NO3S. The van der Waals surface area contributed by atoms with Crippen molar-refractivity contribution in [2.45, 2.75) is 50.0 Å². The van der Waals surface area contributed by atoms with E-state index < -0.39 is 9.05 Å². The smallest absolute Gasteiger partial charge is 0.261 e. The van der Waals surface area contributed by atoms with Crippen LogP contribution in [0.25, 0.3) is 0 Å². The molecule has 21 heavy (non-hydrogen) atoms. The molecule has 1 aliphatic carbocycles. The molecule has 1 saturated carbocycles. The van der Waals surface area contributed by atoms with E-state index in [9.17, 15) is 13.2 Å². The first-order valence-electron chi connectivity index (χ1n) is 6.84. The summed E-state index contributed by atoms with van der Waals surface area (Å²) >= 11 is 6.01. The Labute approximate surface area is 134 Å². The van der Waals surface area contributed by atoms with Crippen molar-refractivity contribution < 1.29 is 13.2 Å². The molecule has 1 aromatic carbocycles. The molecular weight excluding hydrogens is 333 g/mol. The fourth-order valence-electron chi connectivity index (χ4n) is 2.54. The average molecular weight is 350 g/mol. The monoisotopic (exact) mass is 349 g/mol. The van der Waals surface area contributed by atoms with Gasteiger partial charge in [0, 0.05) is 27.3 Å². The number of amides is 1. The minimum Gasteiger partial charge on any atom is -0.349 e. The van der Waals surface area contributed by atoms with Gasteiger partial charge in [0.2, 0.25) is 0 Å². The van der Waals surface area contributed by atoms with Crippen molar-refractivity contribution in [1.29, 1.82) is 0 Å². The zero-order valence-electron chi connectivity index (χ0n) is 11.7. The molecule has 1 N–H and O–H groups in total. The Morgan fingerprint density at radius 2 is 1.86 bits per heavy atom. The zero-order valence-corrected chi connectivity index (χ0v) is 14.0. The van der Waals surface area contributed by atoms with Crippen molar-refractivity contribution in [2.24, 2.45) is 0 Å². The fraction of sp³-hybridized carbons (Fsp3) is 0.500. The molecule has 0 unspecified atom stereocenters. The van der Waals surface area contributed by atoms with Gasteiger partial charge in [-0.1, -0.05) is 30.9 Å². The summed E-state index contributed by atoms with van der Waals surface area (Å²) in [5.74, 6) is -0.302. The minimum atomic E-state index is -3.92. The molecule has 0 aliphatic heterocycles. The molecule has 0 aromatic heterocycles. The standard InChI is InChI=1S/C14H17Cl2NO3S/c1-9-12(7-11(8-13(9)15)21(16,19)20)14(18)17-10-5-3-2-4-6-10/h7-8,10H,2-6H2,1H3,(H,17,18). The number of carbonyl (C=O) groups excluding carboxylic acids is 1. The fourth-order valence-corrected chi connectivity index (χ4v) is 3.61. The van der Waals surface area contributed by atoms with Gasteiger partial charge in [-0.05, 0) is 37.5 Å². The first kappa shape index (κ1) is 16.6. The van der Waals surface area contributed by atoms with Gasteiger partial charge < -0.3 is 5.32 Å². The van der Waals surface area contributed by atoms with Crippen LogP contribution in [0.1, 0.15) is 48.0 Å². The molecule has 116 valence electrons. The molecule has 0 bridgehead atoms. The molecule has 1 fully saturated rings. The number of halogens is 2. The molecule has 4 nitrogen and oxygen atoms in total. The van der Waals surface area contributed by atoms with Gasteiger partial charge in [0.25, 0.3) is 15.0 Å². The summed E-state index contributed by atoms with van der Waals surface area (Å²) < 4.78 is 22.9. The highest BCUT2D eigenvalue weighted by molar-refractivity contribution is 8.13. The summed E-state index contributed by atoms with van der Waals surface area (Å²) in [6, 6.07) is 2.68. The van der Waals surface area contributed by atoms with Crippen molar-refractivity contribution in [2.75, 3.05) is 0 Å². The molecule has 0 spiro atoms. The largest absolute Gasteiger partial charge is 0.349 e. The lowest BCUT2D eigenvalue weighted by Gasteiger charge is -2.23. The second-order valence-corrected chi connectivity index (χ2v) is 8.30.